The lowest BCUT2D eigenvalue weighted by molar-refractivity contribution is 0.0584. The summed E-state index contributed by atoms with van der Waals surface area (Å²) in [6, 6.07) is 1.38. The lowest BCUT2D eigenvalue weighted by atomic mass is 9.96. The van der Waals surface area contributed by atoms with E-state index >= 15 is 0 Å². The maximum atomic E-state index is 11.8. The van der Waals surface area contributed by atoms with Gasteiger partial charge in [0.05, 0.1) is 6.54 Å². The molecule has 2 aromatic heterocycles. The number of urea groups is 1. The first-order valence-electron chi connectivity index (χ1n) is 6.55. The Kier molecular flexibility index (Phi) is 4.34. The summed E-state index contributed by atoms with van der Waals surface area (Å²) in [6.07, 6.45) is 1.69. The number of hydrogen-bond acceptors (Lipinski definition) is 5. The van der Waals surface area contributed by atoms with Crippen LogP contribution in [0.1, 0.15) is 28.9 Å². The van der Waals surface area contributed by atoms with E-state index in [-0.39, 0.29) is 6.54 Å². The summed E-state index contributed by atoms with van der Waals surface area (Å²) in [5.41, 5.74) is -0.525. The van der Waals surface area contributed by atoms with Crippen LogP contribution in [-0.2, 0) is 5.60 Å². The van der Waals surface area contributed by atoms with Gasteiger partial charge in [0.2, 0.25) is 0 Å². The smallest absolute Gasteiger partial charge is 0.321 e. The molecule has 0 fully saturated rings. The second-order valence-corrected chi connectivity index (χ2v) is 6.42. The van der Waals surface area contributed by atoms with Crippen molar-refractivity contribution in [3.63, 3.8) is 0 Å². The molecule has 114 valence electrons. The topological polar surface area (TPSA) is 87.4 Å². The van der Waals surface area contributed by atoms with Crippen LogP contribution in [0.5, 0.6) is 0 Å². The third kappa shape index (κ3) is 3.83. The maximum absolute atomic E-state index is 11.8. The predicted octanol–water partition coefficient (Wildman–Crippen LogP) is 2.69. The van der Waals surface area contributed by atoms with Crippen LogP contribution < -0.4 is 10.6 Å². The van der Waals surface area contributed by atoms with Crippen molar-refractivity contribution < 1.29 is 14.3 Å². The third-order valence-electron chi connectivity index (χ3n) is 3.06. The van der Waals surface area contributed by atoms with Crippen LogP contribution in [0.15, 0.2) is 16.7 Å². The molecule has 2 amide bonds. The Morgan fingerprint density at radius 3 is 2.71 bits per heavy atom. The van der Waals surface area contributed by atoms with E-state index < -0.39 is 11.6 Å². The van der Waals surface area contributed by atoms with E-state index in [2.05, 4.69) is 15.6 Å². The predicted molar refractivity (Wildman–Crippen MR) is 81.6 cm³/mol. The molecule has 0 aromatic carbocycles. The molecule has 0 saturated heterocycles. The van der Waals surface area contributed by atoms with Crippen molar-refractivity contribution in [1.82, 2.24) is 10.3 Å². The number of aliphatic hydroxyl groups is 1. The van der Waals surface area contributed by atoms with Gasteiger partial charge in [0, 0.05) is 16.6 Å². The SMILES string of the molecule is Cc1cc([C@](C)(O)CNC(=O)Nc2ncc(C)s2)c(C)o1. The Hall–Kier alpha value is -1.86. The van der Waals surface area contributed by atoms with Gasteiger partial charge in [0.1, 0.15) is 17.1 Å². The Labute approximate surface area is 127 Å². The standard InChI is InChI=1S/C14H19N3O3S/c1-8-5-11(10(3)20-8)14(4,19)7-16-12(18)17-13-15-6-9(2)21-13/h5-6,19H,7H2,1-4H3,(H2,15,16,17,18)/t14-/m1/s1. The Balaban J connectivity index is 1.95. The van der Waals surface area contributed by atoms with Gasteiger partial charge >= 0.3 is 6.03 Å². The fourth-order valence-electron chi connectivity index (χ4n) is 2.07. The molecule has 0 aliphatic rings. The number of aromatic nitrogens is 1. The lowest BCUT2D eigenvalue weighted by Gasteiger charge is -2.23. The molecule has 0 aliphatic heterocycles. The summed E-state index contributed by atoms with van der Waals surface area (Å²) in [4.78, 5) is 16.9. The summed E-state index contributed by atoms with van der Waals surface area (Å²) in [5, 5.41) is 16.3. The quantitative estimate of drug-likeness (QED) is 0.810. The number of furan rings is 1. The number of rotatable bonds is 4. The first-order valence-corrected chi connectivity index (χ1v) is 7.37. The van der Waals surface area contributed by atoms with E-state index in [0.29, 0.717) is 16.5 Å². The fraction of sp³-hybridized carbons (Fsp3) is 0.429. The molecule has 0 aliphatic carbocycles. The molecular weight excluding hydrogens is 290 g/mol. The van der Waals surface area contributed by atoms with Crippen molar-refractivity contribution in [2.75, 3.05) is 11.9 Å². The molecule has 2 rings (SSSR count). The van der Waals surface area contributed by atoms with Crippen LogP contribution >= 0.6 is 11.3 Å². The van der Waals surface area contributed by atoms with Crippen molar-refractivity contribution in [3.05, 3.63) is 34.2 Å². The number of nitrogens with zero attached hydrogens (tertiary/aromatic N) is 1. The monoisotopic (exact) mass is 309 g/mol. The van der Waals surface area contributed by atoms with Gasteiger partial charge in [-0.2, -0.15) is 0 Å². The van der Waals surface area contributed by atoms with Gasteiger partial charge in [-0.15, -0.1) is 11.3 Å². The van der Waals surface area contributed by atoms with E-state index in [1.54, 1.807) is 26.1 Å². The van der Waals surface area contributed by atoms with Gasteiger partial charge in [-0.3, -0.25) is 5.32 Å². The number of thiazole rings is 1. The Morgan fingerprint density at radius 1 is 1.48 bits per heavy atom. The highest BCUT2D eigenvalue weighted by Gasteiger charge is 2.28. The van der Waals surface area contributed by atoms with E-state index in [4.69, 9.17) is 4.42 Å². The zero-order valence-electron chi connectivity index (χ0n) is 12.5. The first-order chi connectivity index (χ1) is 9.78. The van der Waals surface area contributed by atoms with Crippen LogP contribution in [0.4, 0.5) is 9.93 Å². The van der Waals surface area contributed by atoms with Gasteiger partial charge in [-0.1, -0.05) is 0 Å². The number of aryl methyl sites for hydroxylation is 3. The molecule has 3 N–H and O–H groups in total. The average molecular weight is 309 g/mol. The van der Waals surface area contributed by atoms with Crippen molar-refractivity contribution in [2.24, 2.45) is 0 Å². The number of amides is 2. The summed E-state index contributed by atoms with van der Waals surface area (Å²) < 4.78 is 5.41. The first kappa shape index (κ1) is 15.5. The van der Waals surface area contributed by atoms with Crippen LogP contribution in [0.3, 0.4) is 0 Å². The molecule has 2 heterocycles. The number of carbonyl (C=O) groups excluding carboxylic acids is 1. The maximum Gasteiger partial charge on any atom is 0.321 e. The number of anilines is 1. The zero-order valence-corrected chi connectivity index (χ0v) is 13.3. The highest BCUT2D eigenvalue weighted by molar-refractivity contribution is 7.15. The number of carbonyl (C=O) groups is 1. The zero-order chi connectivity index (χ0) is 15.6. The molecule has 0 unspecified atom stereocenters. The largest absolute Gasteiger partial charge is 0.466 e. The normalized spacial score (nSPS) is 13.8. The van der Waals surface area contributed by atoms with E-state index in [1.165, 1.54) is 11.3 Å². The van der Waals surface area contributed by atoms with Gasteiger partial charge < -0.3 is 14.8 Å². The summed E-state index contributed by atoms with van der Waals surface area (Å²) in [5.74, 6) is 1.38. The highest BCUT2D eigenvalue weighted by Crippen LogP contribution is 2.26. The second kappa shape index (κ2) is 5.87. The molecule has 6 nitrogen and oxygen atoms in total. The van der Waals surface area contributed by atoms with E-state index in [0.717, 1.165) is 10.6 Å². The van der Waals surface area contributed by atoms with Crippen LogP contribution in [0.25, 0.3) is 0 Å². The molecular formula is C14H19N3O3S. The van der Waals surface area contributed by atoms with Crippen molar-refractivity contribution >= 4 is 22.5 Å². The number of hydrogen-bond donors (Lipinski definition) is 3. The molecule has 0 bridgehead atoms. The van der Waals surface area contributed by atoms with Crippen molar-refractivity contribution in [1.29, 1.82) is 0 Å². The molecule has 7 heteroatoms. The van der Waals surface area contributed by atoms with Gasteiger partial charge in [0.15, 0.2) is 5.13 Å². The molecule has 0 spiro atoms. The van der Waals surface area contributed by atoms with E-state index in [9.17, 15) is 9.90 Å². The van der Waals surface area contributed by atoms with E-state index in [1.807, 2.05) is 13.8 Å². The molecule has 0 radical (unpaired) electrons. The van der Waals surface area contributed by atoms with Crippen molar-refractivity contribution in [2.45, 2.75) is 33.3 Å². The molecule has 0 saturated carbocycles. The molecule has 1 atom stereocenters. The average Bonchev–Trinajstić information content (AvgIpc) is 2.93. The summed E-state index contributed by atoms with van der Waals surface area (Å²) >= 11 is 1.39. The Bertz CT molecular complexity index is 646. The minimum atomic E-state index is -1.20. The fourth-order valence-corrected chi connectivity index (χ4v) is 2.73. The minimum Gasteiger partial charge on any atom is -0.466 e. The van der Waals surface area contributed by atoms with Crippen LogP contribution in [0, 0.1) is 20.8 Å². The summed E-state index contributed by atoms with van der Waals surface area (Å²) in [6.45, 7) is 7.23. The lowest BCUT2D eigenvalue weighted by Crippen LogP contribution is -2.40. The molecule has 21 heavy (non-hydrogen) atoms. The highest BCUT2D eigenvalue weighted by atomic mass is 32.1. The number of nitrogens with one attached hydrogen (secondary N) is 2. The van der Waals surface area contributed by atoms with Crippen LogP contribution in [0.2, 0.25) is 0 Å². The summed E-state index contributed by atoms with van der Waals surface area (Å²) in [7, 11) is 0. The van der Waals surface area contributed by atoms with Crippen molar-refractivity contribution in [3.8, 4) is 0 Å². The van der Waals surface area contributed by atoms with Gasteiger partial charge in [-0.25, -0.2) is 9.78 Å². The third-order valence-corrected chi connectivity index (χ3v) is 3.88. The minimum absolute atomic E-state index is 0.0724. The Morgan fingerprint density at radius 2 is 2.19 bits per heavy atom. The van der Waals surface area contributed by atoms with Gasteiger partial charge in [0.25, 0.3) is 0 Å². The van der Waals surface area contributed by atoms with Crippen LogP contribution in [-0.4, -0.2) is 22.7 Å². The molecule has 2 aromatic rings. The second-order valence-electron chi connectivity index (χ2n) is 5.18. The van der Waals surface area contributed by atoms with Gasteiger partial charge in [-0.05, 0) is 33.8 Å².